The topological polar surface area (TPSA) is 92.1 Å². The lowest BCUT2D eigenvalue weighted by Crippen LogP contribution is -2.44. The zero-order valence-corrected chi connectivity index (χ0v) is 20.5. The number of thiazole rings is 1. The molecule has 0 N–H and O–H groups in total. The molecule has 0 aromatic carbocycles. The molecule has 0 atom stereocenters. The molecule has 1 amide bonds. The van der Waals surface area contributed by atoms with Crippen LogP contribution in [0.25, 0.3) is 4.96 Å². The summed E-state index contributed by atoms with van der Waals surface area (Å²) in [6.07, 6.45) is 3.90. The SMILES string of the molecule is CC(=O)c1ccc(C(=O)N2CCC3(CC2)CCN(S(=O)(=O)c2c(Cl)nc4sccn24)C3)s1. The fourth-order valence-corrected chi connectivity index (χ4v) is 8.41. The van der Waals surface area contributed by atoms with Crippen LogP contribution in [0.2, 0.25) is 5.15 Å². The molecular weight excluding hydrogens is 492 g/mol. The molecule has 5 rings (SSSR count). The molecule has 170 valence electrons. The van der Waals surface area contributed by atoms with E-state index in [-0.39, 0.29) is 27.3 Å². The highest BCUT2D eigenvalue weighted by Gasteiger charge is 2.46. The summed E-state index contributed by atoms with van der Waals surface area (Å²) >= 11 is 8.75. The highest BCUT2D eigenvalue weighted by Crippen LogP contribution is 2.43. The Balaban J connectivity index is 1.28. The molecule has 0 radical (unpaired) electrons. The van der Waals surface area contributed by atoms with E-state index in [0.29, 0.717) is 40.9 Å². The number of carbonyl (C=O) groups excluding carboxylic acids is 2. The molecule has 32 heavy (non-hydrogen) atoms. The lowest BCUT2D eigenvalue weighted by molar-refractivity contribution is 0.0604. The van der Waals surface area contributed by atoms with Crippen LogP contribution in [0.15, 0.2) is 28.7 Å². The lowest BCUT2D eigenvalue weighted by Gasteiger charge is -2.39. The second-order valence-corrected chi connectivity index (χ2v) is 12.5. The van der Waals surface area contributed by atoms with Crippen LogP contribution in [-0.2, 0) is 10.0 Å². The van der Waals surface area contributed by atoms with Crippen molar-refractivity contribution in [1.82, 2.24) is 18.6 Å². The largest absolute Gasteiger partial charge is 0.338 e. The zero-order valence-electron chi connectivity index (χ0n) is 17.3. The summed E-state index contributed by atoms with van der Waals surface area (Å²) in [5.41, 5.74) is -0.144. The van der Waals surface area contributed by atoms with E-state index in [9.17, 15) is 18.0 Å². The summed E-state index contributed by atoms with van der Waals surface area (Å²) in [4.78, 5) is 32.0. The Hall–Kier alpha value is -1.79. The van der Waals surface area contributed by atoms with Crippen LogP contribution < -0.4 is 0 Å². The van der Waals surface area contributed by atoms with Gasteiger partial charge in [0.2, 0.25) is 0 Å². The van der Waals surface area contributed by atoms with Gasteiger partial charge in [0, 0.05) is 37.8 Å². The van der Waals surface area contributed by atoms with Gasteiger partial charge < -0.3 is 4.90 Å². The third-order valence-corrected chi connectivity index (χ3v) is 10.6. The Morgan fingerprint density at radius 3 is 2.50 bits per heavy atom. The van der Waals surface area contributed by atoms with Gasteiger partial charge in [0.05, 0.1) is 9.75 Å². The number of halogens is 1. The summed E-state index contributed by atoms with van der Waals surface area (Å²) in [5, 5.41) is 1.81. The first-order valence-corrected chi connectivity index (χ1v) is 13.7. The van der Waals surface area contributed by atoms with E-state index < -0.39 is 10.0 Å². The maximum absolute atomic E-state index is 13.4. The highest BCUT2D eigenvalue weighted by molar-refractivity contribution is 7.89. The van der Waals surface area contributed by atoms with Gasteiger partial charge >= 0.3 is 0 Å². The number of rotatable bonds is 4. The number of thiophene rings is 1. The monoisotopic (exact) mass is 512 g/mol. The third kappa shape index (κ3) is 3.60. The Morgan fingerprint density at radius 1 is 1.12 bits per heavy atom. The molecule has 2 saturated heterocycles. The molecular formula is C20H21ClN4O4S3. The number of ketones is 1. The normalized spacial score (nSPS) is 19.2. The average molecular weight is 513 g/mol. The molecule has 3 aromatic heterocycles. The summed E-state index contributed by atoms with van der Waals surface area (Å²) in [6, 6.07) is 3.40. The van der Waals surface area contributed by atoms with E-state index in [1.807, 2.05) is 0 Å². The predicted molar refractivity (Wildman–Crippen MR) is 123 cm³/mol. The molecule has 2 aliphatic rings. The van der Waals surface area contributed by atoms with Crippen LogP contribution in [0.3, 0.4) is 0 Å². The molecule has 12 heteroatoms. The summed E-state index contributed by atoms with van der Waals surface area (Å²) in [6.45, 7) is 3.48. The Labute approximate surface area is 198 Å². The van der Waals surface area contributed by atoms with Crippen molar-refractivity contribution in [2.75, 3.05) is 26.2 Å². The standard InChI is InChI=1S/C20H21ClN4O4S3/c1-13(26)14-2-3-15(31-14)17(27)23-7-4-20(5-8-23)6-9-24(12-20)32(28,29)18-16(21)22-19-25(18)10-11-30-19/h2-3,10-11H,4-9,12H2,1H3. The smallest absolute Gasteiger partial charge is 0.263 e. The Kier molecular flexibility index (Phi) is 5.44. The summed E-state index contributed by atoms with van der Waals surface area (Å²) in [7, 11) is -3.78. The molecule has 3 aromatic rings. The number of piperidine rings is 1. The van der Waals surface area contributed by atoms with Crippen LogP contribution in [0.1, 0.15) is 45.5 Å². The number of aromatic nitrogens is 2. The van der Waals surface area contributed by atoms with Crippen LogP contribution in [0.5, 0.6) is 0 Å². The number of hydrogen-bond acceptors (Lipinski definition) is 7. The summed E-state index contributed by atoms with van der Waals surface area (Å²) < 4.78 is 29.8. The van der Waals surface area contributed by atoms with Crippen molar-refractivity contribution in [1.29, 1.82) is 0 Å². The van der Waals surface area contributed by atoms with Gasteiger partial charge in [-0.3, -0.25) is 14.0 Å². The number of Topliss-reactive ketones (excluding diaryl/α,β-unsaturated/α-hetero) is 1. The van der Waals surface area contributed by atoms with Gasteiger partial charge in [-0.1, -0.05) is 11.6 Å². The van der Waals surface area contributed by atoms with Crippen molar-refractivity contribution in [3.8, 4) is 0 Å². The predicted octanol–water partition coefficient (Wildman–Crippen LogP) is 3.63. The van der Waals surface area contributed by atoms with Crippen LogP contribution in [-0.4, -0.2) is 64.9 Å². The quantitative estimate of drug-likeness (QED) is 0.498. The van der Waals surface area contributed by atoms with Crippen molar-refractivity contribution in [3.63, 3.8) is 0 Å². The fourth-order valence-electron chi connectivity index (χ4n) is 4.58. The minimum Gasteiger partial charge on any atom is -0.338 e. The number of sulfonamides is 1. The van der Waals surface area contributed by atoms with Gasteiger partial charge in [-0.05, 0) is 43.7 Å². The molecule has 5 heterocycles. The Morgan fingerprint density at radius 2 is 1.81 bits per heavy atom. The number of nitrogens with zero attached hydrogens (tertiary/aromatic N) is 4. The zero-order chi connectivity index (χ0) is 22.7. The third-order valence-electron chi connectivity index (χ3n) is 6.44. The van der Waals surface area contributed by atoms with Crippen molar-refractivity contribution in [3.05, 3.63) is 38.6 Å². The number of carbonyl (C=O) groups is 2. The highest BCUT2D eigenvalue weighted by atomic mass is 35.5. The number of amides is 1. The lowest BCUT2D eigenvalue weighted by atomic mass is 9.78. The number of imidazole rings is 1. The second-order valence-electron chi connectivity index (χ2n) is 8.36. The van der Waals surface area contributed by atoms with Crippen LogP contribution in [0, 0.1) is 5.41 Å². The number of hydrogen-bond donors (Lipinski definition) is 0. The van der Waals surface area contributed by atoms with Crippen LogP contribution >= 0.6 is 34.3 Å². The van der Waals surface area contributed by atoms with E-state index >= 15 is 0 Å². The first kappa shape index (κ1) is 22.0. The van der Waals surface area contributed by atoms with E-state index in [1.165, 1.54) is 38.3 Å². The van der Waals surface area contributed by atoms with E-state index in [0.717, 1.165) is 19.3 Å². The van der Waals surface area contributed by atoms with Gasteiger partial charge in [0.15, 0.2) is 20.9 Å². The molecule has 2 aliphatic heterocycles. The fraction of sp³-hybridized carbons (Fsp3) is 0.450. The van der Waals surface area contributed by atoms with Gasteiger partial charge in [-0.15, -0.1) is 22.7 Å². The molecule has 8 nitrogen and oxygen atoms in total. The van der Waals surface area contributed by atoms with Gasteiger partial charge in [-0.2, -0.15) is 4.31 Å². The second kappa shape index (κ2) is 7.91. The van der Waals surface area contributed by atoms with Crippen molar-refractivity contribution in [2.45, 2.75) is 31.2 Å². The van der Waals surface area contributed by atoms with Gasteiger partial charge in [0.1, 0.15) is 0 Å². The molecule has 0 bridgehead atoms. The maximum Gasteiger partial charge on any atom is 0.263 e. The van der Waals surface area contributed by atoms with Crippen molar-refractivity contribution in [2.24, 2.45) is 5.41 Å². The number of fused-ring (bicyclic) bond motifs is 1. The molecule has 0 unspecified atom stereocenters. The molecule has 2 fully saturated rings. The van der Waals surface area contributed by atoms with Crippen molar-refractivity contribution >= 4 is 60.9 Å². The molecule has 0 saturated carbocycles. The first-order valence-electron chi connectivity index (χ1n) is 10.2. The maximum atomic E-state index is 13.4. The van der Waals surface area contributed by atoms with Crippen molar-refractivity contribution < 1.29 is 18.0 Å². The average Bonchev–Trinajstić information content (AvgIpc) is 3.51. The van der Waals surface area contributed by atoms with E-state index in [4.69, 9.17) is 11.6 Å². The van der Waals surface area contributed by atoms with Crippen LogP contribution in [0.4, 0.5) is 0 Å². The first-order chi connectivity index (χ1) is 15.2. The Bertz CT molecular complexity index is 1320. The van der Waals surface area contributed by atoms with E-state index in [2.05, 4.69) is 4.98 Å². The minimum absolute atomic E-state index is 0.000839. The van der Waals surface area contributed by atoms with Gasteiger partial charge in [0.25, 0.3) is 15.9 Å². The number of likely N-dealkylation sites (tertiary alicyclic amines) is 1. The minimum atomic E-state index is -3.78. The van der Waals surface area contributed by atoms with Gasteiger partial charge in [-0.25, -0.2) is 13.4 Å². The summed E-state index contributed by atoms with van der Waals surface area (Å²) in [5.74, 6) is -0.109. The molecule has 0 aliphatic carbocycles. The van der Waals surface area contributed by atoms with E-state index in [1.54, 1.807) is 28.6 Å². The molecule has 1 spiro atoms.